The van der Waals surface area contributed by atoms with Crippen LogP contribution in [0.3, 0.4) is 0 Å². The van der Waals surface area contributed by atoms with Crippen LogP contribution >= 0.6 is 0 Å². The molecule has 0 radical (unpaired) electrons. The summed E-state index contributed by atoms with van der Waals surface area (Å²) in [6, 6.07) is 5.31. The van der Waals surface area contributed by atoms with Crippen LogP contribution in [0.25, 0.3) is 0 Å². The molecule has 2 heterocycles. The highest BCUT2D eigenvalue weighted by Gasteiger charge is 2.41. The summed E-state index contributed by atoms with van der Waals surface area (Å²) in [4.78, 5) is 51.5. The highest BCUT2D eigenvalue weighted by Crippen LogP contribution is 2.23. The van der Waals surface area contributed by atoms with E-state index in [9.17, 15) is 19.2 Å². The number of hydrogen-bond acceptors (Lipinski definition) is 7. The zero-order valence-corrected chi connectivity index (χ0v) is 17.9. The number of hydrogen-bond donors (Lipinski definition) is 5. The van der Waals surface area contributed by atoms with Crippen molar-refractivity contribution in [2.24, 2.45) is 5.73 Å². The molecule has 3 rings (SSSR count). The molecule has 32 heavy (non-hydrogen) atoms. The van der Waals surface area contributed by atoms with Gasteiger partial charge in [0.15, 0.2) is 0 Å². The predicted octanol–water partition coefficient (Wildman–Crippen LogP) is -2.64. The fourth-order valence-electron chi connectivity index (χ4n) is 4.06. The number of nitrogens with two attached hydrogens (primary N) is 1. The van der Waals surface area contributed by atoms with Gasteiger partial charge in [-0.25, -0.2) is 0 Å². The zero-order chi connectivity index (χ0) is 23.5. The van der Waals surface area contributed by atoms with E-state index >= 15 is 0 Å². The third-order valence-corrected chi connectivity index (χ3v) is 6.19. The van der Waals surface area contributed by atoms with Gasteiger partial charge in [0.05, 0.1) is 5.54 Å². The number of nitrogens with zero attached hydrogens (tertiary/aromatic N) is 2. The van der Waals surface area contributed by atoms with Crippen LogP contribution in [0.2, 0.25) is 0 Å². The van der Waals surface area contributed by atoms with Crippen LogP contribution in [0.5, 0.6) is 0 Å². The Morgan fingerprint density at radius 3 is 2.44 bits per heavy atom. The van der Waals surface area contributed by atoms with Gasteiger partial charge in [0.25, 0.3) is 0 Å². The van der Waals surface area contributed by atoms with Gasteiger partial charge in [0.2, 0.25) is 24.1 Å². The Balaban J connectivity index is 1.53. The molecule has 6 N–H and O–H groups in total. The molecule has 0 aliphatic carbocycles. The van der Waals surface area contributed by atoms with Gasteiger partial charge in [0.1, 0.15) is 12.6 Å². The van der Waals surface area contributed by atoms with Crippen LogP contribution in [0, 0.1) is 0 Å². The molecular formula is C20H28BN5O6. The van der Waals surface area contributed by atoms with E-state index in [4.69, 9.17) is 15.8 Å². The lowest BCUT2D eigenvalue weighted by Gasteiger charge is -2.38. The summed E-state index contributed by atoms with van der Waals surface area (Å²) in [6.45, 7) is 2.32. The molecule has 2 fully saturated rings. The maximum absolute atomic E-state index is 12.7. The smallest absolute Gasteiger partial charge is 0.423 e. The number of nitrogens with one attached hydrogen (secondary N) is 2. The summed E-state index contributed by atoms with van der Waals surface area (Å²) >= 11 is 0. The summed E-state index contributed by atoms with van der Waals surface area (Å²) in [5.41, 5.74) is 5.94. The molecule has 2 aliphatic rings. The van der Waals surface area contributed by atoms with E-state index < -0.39 is 18.7 Å². The summed E-state index contributed by atoms with van der Waals surface area (Å²) < 4.78 is 0. The van der Waals surface area contributed by atoms with Crippen LogP contribution in [-0.4, -0.2) is 88.4 Å². The van der Waals surface area contributed by atoms with Crippen molar-refractivity contribution in [3.8, 4) is 0 Å². The molecular weight excluding hydrogens is 417 g/mol. The van der Waals surface area contributed by atoms with Crippen LogP contribution < -0.4 is 21.8 Å². The Labute approximate surface area is 186 Å². The number of amides is 4. The van der Waals surface area contributed by atoms with Gasteiger partial charge >= 0.3 is 7.12 Å². The highest BCUT2D eigenvalue weighted by atomic mass is 16.4. The molecule has 4 amide bonds. The monoisotopic (exact) mass is 445 g/mol. The van der Waals surface area contributed by atoms with E-state index in [0.717, 1.165) is 0 Å². The van der Waals surface area contributed by atoms with Crippen molar-refractivity contribution in [1.29, 1.82) is 0 Å². The maximum Gasteiger partial charge on any atom is 0.488 e. The first kappa shape index (κ1) is 23.7. The van der Waals surface area contributed by atoms with Crippen LogP contribution in [0.15, 0.2) is 24.3 Å². The average molecular weight is 445 g/mol. The number of carbonyl (C=O) groups is 4. The summed E-state index contributed by atoms with van der Waals surface area (Å²) in [5.74, 6) is -0.882. The van der Waals surface area contributed by atoms with Gasteiger partial charge in [-0.15, -0.1) is 0 Å². The molecule has 2 aliphatic heterocycles. The molecule has 0 saturated carbocycles. The van der Waals surface area contributed by atoms with Gasteiger partial charge < -0.3 is 36.2 Å². The summed E-state index contributed by atoms with van der Waals surface area (Å²) in [6.07, 6.45) is 1.46. The quantitative estimate of drug-likeness (QED) is 0.226. The number of rotatable bonds is 7. The molecule has 12 heteroatoms. The van der Waals surface area contributed by atoms with Crippen LogP contribution in [0.1, 0.15) is 26.2 Å². The second-order valence-electron chi connectivity index (χ2n) is 8.37. The van der Waals surface area contributed by atoms with Gasteiger partial charge in [-0.1, -0.05) is 12.1 Å². The Hall–Kier alpha value is -2.96. The molecule has 172 valence electrons. The fraction of sp³-hybridized carbons (Fsp3) is 0.500. The van der Waals surface area contributed by atoms with E-state index in [1.807, 2.05) is 6.92 Å². The van der Waals surface area contributed by atoms with E-state index in [0.29, 0.717) is 24.0 Å². The Morgan fingerprint density at radius 2 is 1.88 bits per heavy atom. The zero-order valence-electron chi connectivity index (χ0n) is 17.9. The Morgan fingerprint density at radius 1 is 1.25 bits per heavy atom. The lowest BCUT2D eigenvalue weighted by molar-refractivity contribution is -0.141. The normalized spacial score (nSPS) is 22.4. The molecule has 11 nitrogen and oxygen atoms in total. The lowest BCUT2D eigenvalue weighted by atomic mass is 9.80. The standard InChI is InChI=1S/C20H28BN5O6/c1-13-10-16(23-12-27)18(29)26(13)11-17(28)25-8-6-20(22,7-9-25)19(30)24-15-4-2-14(3-5-15)21(31)32/h2-5,12-13,16,31-32H,6-11,22H2,1H3,(H,23,27)(H,24,30). The minimum atomic E-state index is -1.59. The van der Waals surface area contributed by atoms with Crippen molar-refractivity contribution < 1.29 is 29.2 Å². The van der Waals surface area contributed by atoms with E-state index in [1.54, 1.807) is 17.0 Å². The average Bonchev–Trinajstić information content (AvgIpc) is 3.02. The molecule has 2 saturated heterocycles. The van der Waals surface area contributed by atoms with E-state index in [-0.39, 0.29) is 56.2 Å². The van der Waals surface area contributed by atoms with E-state index in [2.05, 4.69) is 10.6 Å². The van der Waals surface area contributed by atoms with Gasteiger partial charge in [0, 0.05) is 24.8 Å². The van der Waals surface area contributed by atoms with E-state index in [1.165, 1.54) is 17.0 Å². The fourth-order valence-corrected chi connectivity index (χ4v) is 4.06. The highest BCUT2D eigenvalue weighted by molar-refractivity contribution is 6.58. The van der Waals surface area contributed by atoms with Crippen molar-refractivity contribution in [3.05, 3.63) is 24.3 Å². The largest absolute Gasteiger partial charge is 0.488 e. The maximum atomic E-state index is 12.7. The molecule has 1 aromatic carbocycles. The van der Waals surface area contributed by atoms with Crippen molar-refractivity contribution in [1.82, 2.24) is 15.1 Å². The second-order valence-corrected chi connectivity index (χ2v) is 8.37. The minimum Gasteiger partial charge on any atom is -0.423 e. The first-order valence-corrected chi connectivity index (χ1v) is 10.5. The van der Waals surface area contributed by atoms with Crippen LogP contribution in [-0.2, 0) is 19.2 Å². The van der Waals surface area contributed by atoms with Crippen molar-refractivity contribution in [2.75, 3.05) is 25.0 Å². The van der Waals surface area contributed by atoms with Crippen LogP contribution in [0.4, 0.5) is 5.69 Å². The molecule has 0 aromatic heterocycles. The summed E-state index contributed by atoms with van der Waals surface area (Å²) in [7, 11) is -1.59. The second kappa shape index (κ2) is 9.68. The third-order valence-electron chi connectivity index (χ3n) is 6.19. The molecule has 2 unspecified atom stereocenters. The van der Waals surface area contributed by atoms with Gasteiger partial charge in [-0.05, 0) is 43.8 Å². The molecule has 0 spiro atoms. The van der Waals surface area contributed by atoms with Crippen molar-refractivity contribution in [2.45, 2.75) is 43.8 Å². The van der Waals surface area contributed by atoms with Gasteiger partial charge in [-0.2, -0.15) is 0 Å². The predicted molar refractivity (Wildman–Crippen MR) is 116 cm³/mol. The molecule has 0 bridgehead atoms. The summed E-state index contributed by atoms with van der Waals surface area (Å²) in [5, 5.41) is 23.5. The number of anilines is 1. The lowest BCUT2D eigenvalue weighted by Crippen LogP contribution is -2.59. The first-order valence-electron chi connectivity index (χ1n) is 10.5. The first-order chi connectivity index (χ1) is 15.1. The number of piperidine rings is 1. The Bertz CT molecular complexity index is 872. The molecule has 1 aromatic rings. The third kappa shape index (κ3) is 5.09. The number of benzene rings is 1. The number of likely N-dealkylation sites (tertiary alicyclic amines) is 2. The SMILES string of the molecule is CC1CC(NC=O)C(=O)N1CC(=O)N1CCC(N)(C(=O)Nc2ccc(B(O)O)cc2)CC1. The molecule has 2 atom stereocenters. The van der Waals surface area contributed by atoms with Crippen molar-refractivity contribution in [3.63, 3.8) is 0 Å². The Kier molecular flexibility index (Phi) is 7.17. The topological polar surface area (TPSA) is 165 Å². The van der Waals surface area contributed by atoms with Gasteiger partial charge in [-0.3, -0.25) is 19.2 Å². The minimum absolute atomic E-state index is 0.0795. The van der Waals surface area contributed by atoms with Crippen molar-refractivity contribution >= 4 is 42.4 Å². The number of carbonyl (C=O) groups excluding carboxylic acids is 4.